The van der Waals surface area contributed by atoms with Gasteiger partial charge in [-0.1, -0.05) is 28.1 Å². The van der Waals surface area contributed by atoms with Crippen LogP contribution >= 0.6 is 27.7 Å². The molecule has 0 aromatic heterocycles. The molecular formula is C13H15BrOS. The van der Waals surface area contributed by atoms with Crippen LogP contribution in [0.5, 0.6) is 0 Å². The van der Waals surface area contributed by atoms with E-state index in [4.69, 9.17) is 4.74 Å². The van der Waals surface area contributed by atoms with Gasteiger partial charge in [-0.15, -0.1) is 0 Å². The van der Waals surface area contributed by atoms with Crippen LogP contribution in [0.4, 0.5) is 0 Å². The third kappa shape index (κ3) is 2.05. The lowest BCUT2D eigenvalue weighted by Crippen LogP contribution is -2.26. The quantitative estimate of drug-likeness (QED) is 0.774. The van der Waals surface area contributed by atoms with E-state index in [1.165, 1.54) is 24.2 Å². The van der Waals surface area contributed by atoms with Gasteiger partial charge in [-0.3, -0.25) is 0 Å². The van der Waals surface area contributed by atoms with Crippen molar-refractivity contribution >= 4 is 27.7 Å². The van der Waals surface area contributed by atoms with Crippen molar-refractivity contribution in [2.45, 2.75) is 24.2 Å². The highest BCUT2D eigenvalue weighted by Crippen LogP contribution is 2.47. The Bertz CT molecular complexity index is 365. The maximum Gasteiger partial charge on any atom is 0.0625 e. The van der Waals surface area contributed by atoms with Crippen molar-refractivity contribution < 1.29 is 4.74 Å². The molecular weight excluding hydrogens is 284 g/mol. The van der Waals surface area contributed by atoms with Crippen LogP contribution in [0.2, 0.25) is 0 Å². The summed E-state index contributed by atoms with van der Waals surface area (Å²) in [5, 5.41) is 0.648. The van der Waals surface area contributed by atoms with E-state index in [0.717, 1.165) is 17.0 Å². The van der Waals surface area contributed by atoms with Gasteiger partial charge in [0.1, 0.15) is 0 Å². The van der Waals surface area contributed by atoms with Crippen molar-refractivity contribution in [2.75, 3.05) is 12.4 Å². The molecule has 0 bridgehead atoms. The Morgan fingerprint density at radius 1 is 1.19 bits per heavy atom. The minimum Gasteiger partial charge on any atom is -0.378 e. The molecule has 0 saturated carbocycles. The molecule has 2 aliphatic heterocycles. The molecule has 3 unspecified atom stereocenters. The Hall–Kier alpha value is 0.01000. The predicted octanol–water partition coefficient (Wildman–Crippen LogP) is 4.03. The first kappa shape index (κ1) is 11.1. The number of halogens is 1. The van der Waals surface area contributed by atoms with Gasteiger partial charge in [0.2, 0.25) is 0 Å². The summed E-state index contributed by atoms with van der Waals surface area (Å²) in [6, 6.07) is 8.80. The summed E-state index contributed by atoms with van der Waals surface area (Å²) in [7, 11) is 0. The van der Waals surface area contributed by atoms with Gasteiger partial charge >= 0.3 is 0 Å². The number of fused-ring (bicyclic) bond motifs is 1. The average molecular weight is 299 g/mol. The van der Waals surface area contributed by atoms with E-state index in [0.29, 0.717) is 11.4 Å². The summed E-state index contributed by atoms with van der Waals surface area (Å²) in [5.41, 5.74) is 1.47. The zero-order chi connectivity index (χ0) is 11.0. The van der Waals surface area contributed by atoms with Gasteiger partial charge in [0.15, 0.2) is 0 Å². The Balaban J connectivity index is 1.85. The highest BCUT2D eigenvalue weighted by Gasteiger charge is 2.38. The predicted molar refractivity (Wildman–Crippen MR) is 71.8 cm³/mol. The minimum atomic E-state index is 0.523. The van der Waals surface area contributed by atoms with Crippen LogP contribution in [0.15, 0.2) is 28.7 Å². The minimum absolute atomic E-state index is 0.523. The number of thioether (sulfide) groups is 1. The molecule has 2 fully saturated rings. The fraction of sp³-hybridized carbons (Fsp3) is 0.538. The van der Waals surface area contributed by atoms with Gasteiger partial charge in [-0.25, -0.2) is 0 Å². The number of hydrogen-bond donors (Lipinski definition) is 0. The zero-order valence-corrected chi connectivity index (χ0v) is 11.5. The molecule has 3 atom stereocenters. The summed E-state index contributed by atoms with van der Waals surface area (Å²) in [6.45, 7) is 0.961. The molecule has 3 heteroatoms. The van der Waals surface area contributed by atoms with Gasteiger partial charge in [0, 0.05) is 22.2 Å². The van der Waals surface area contributed by atoms with E-state index < -0.39 is 0 Å². The summed E-state index contributed by atoms with van der Waals surface area (Å²) >= 11 is 5.60. The molecule has 0 aliphatic carbocycles. The lowest BCUT2D eigenvalue weighted by Gasteiger charge is -2.32. The molecule has 1 nitrogen and oxygen atoms in total. The Labute approximate surface area is 109 Å². The van der Waals surface area contributed by atoms with Gasteiger partial charge in [0.25, 0.3) is 0 Å². The van der Waals surface area contributed by atoms with Crippen LogP contribution in [0.1, 0.15) is 23.7 Å². The lowest BCUT2D eigenvalue weighted by atomic mass is 9.91. The van der Waals surface area contributed by atoms with Crippen LogP contribution < -0.4 is 0 Å². The first-order valence-electron chi connectivity index (χ1n) is 5.83. The second kappa shape index (κ2) is 4.71. The standard InChI is InChI=1S/C13H15BrOS/c14-10-3-1-9(2-4-10)13-11-5-7-15-12(11)6-8-16-13/h1-4,11-13H,5-8H2. The maximum absolute atomic E-state index is 5.81. The number of rotatable bonds is 1. The van der Waals surface area contributed by atoms with Crippen molar-refractivity contribution in [3.05, 3.63) is 34.3 Å². The molecule has 3 rings (SSSR count). The first-order chi connectivity index (χ1) is 7.84. The van der Waals surface area contributed by atoms with E-state index in [-0.39, 0.29) is 0 Å². The van der Waals surface area contributed by atoms with Crippen molar-refractivity contribution in [2.24, 2.45) is 5.92 Å². The van der Waals surface area contributed by atoms with Crippen LogP contribution in [0, 0.1) is 5.92 Å². The molecule has 2 saturated heterocycles. The molecule has 1 aromatic carbocycles. The number of hydrogen-bond acceptors (Lipinski definition) is 2. The monoisotopic (exact) mass is 298 g/mol. The molecule has 0 amide bonds. The Morgan fingerprint density at radius 2 is 2.00 bits per heavy atom. The Morgan fingerprint density at radius 3 is 2.81 bits per heavy atom. The smallest absolute Gasteiger partial charge is 0.0625 e. The van der Waals surface area contributed by atoms with Crippen LogP contribution in [-0.4, -0.2) is 18.5 Å². The zero-order valence-electron chi connectivity index (χ0n) is 9.06. The molecule has 0 N–H and O–H groups in total. The molecule has 16 heavy (non-hydrogen) atoms. The fourth-order valence-electron chi connectivity index (χ4n) is 2.74. The van der Waals surface area contributed by atoms with Crippen LogP contribution in [0.25, 0.3) is 0 Å². The molecule has 86 valence electrons. The van der Waals surface area contributed by atoms with Gasteiger partial charge in [0.05, 0.1) is 6.10 Å². The maximum atomic E-state index is 5.81. The highest BCUT2D eigenvalue weighted by molar-refractivity contribution is 9.10. The summed E-state index contributed by atoms with van der Waals surface area (Å²) in [5.74, 6) is 1.97. The molecule has 2 heterocycles. The van der Waals surface area contributed by atoms with Gasteiger partial charge in [-0.05, 0) is 36.3 Å². The molecule has 0 spiro atoms. The third-order valence-electron chi connectivity index (χ3n) is 3.55. The van der Waals surface area contributed by atoms with Crippen molar-refractivity contribution in [3.8, 4) is 0 Å². The number of ether oxygens (including phenoxy) is 1. The lowest BCUT2D eigenvalue weighted by molar-refractivity contribution is 0.0850. The SMILES string of the molecule is Brc1ccc(C2SCCC3OCCC32)cc1. The molecule has 0 radical (unpaired) electrons. The second-order valence-corrected chi connectivity index (χ2v) is 6.66. The van der Waals surface area contributed by atoms with Crippen molar-refractivity contribution in [1.29, 1.82) is 0 Å². The molecule has 2 aliphatic rings. The number of benzene rings is 1. The Kier molecular flexibility index (Phi) is 3.27. The van der Waals surface area contributed by atoms with Crippen LogP contribution in [0.3, 0.4) is 0 Å². The van der Waals surface area contributed by atoms with E-state index in [2.05, 4.69) is 52.0 Å². The van der Waals surface area contributed by atoms with E-state index in [1.54, 1.807) is 0 Å². The highest BCUT2D eigenvalue weighted by atomic mass is 79.9. The van der Waals surface area contributed by atoms with E-state index in [9.17, 15) is 0 Å². The molecule has 1 aromatic rings. The largest absolute Gasteiger partial charge is 0.378 e. The van der Waals surface area contributed by atoms with Gasteiger partial charge < -0.3 is 4.74 Å². The average Bonchev–Trinajstić information content (AvgIpc) is 2.78. The van der Waals surface area contributed by atoms with Crippen LogP contribution in [-0.2, 0) is 4.74 Å². The topological polar surface area (TPSA) is 9.23 Å². The van der Waals surface area contributed by atoms with Gasteiger partial charge in [-0.2, -0.15) is 11.8 Å². The summed E-state index contributed by atoms with van der Waals surface area (Å²) in [6.07, 6.45) is 3.00. The van der Waals surface area contributed by atoms with E-state index >= 15 is 0 Å². The summed E-state index contributed by atoms with van der Waals surface area (Å²) in [4.78, 5) is 0. The summed E-state index contributed by atoms with van der Waals surface area (Å²) < 4.78 is 6.97. The first-order valence-corrected chi connectivity index (χ1v) is 7.67. The second-order valence-electron chi connectivity index (χ2n) is 4.49. The van der Waals surface area contributed by atoms with Crippen molar-refractivity contribution in [3.63, 3.8) is 0 Å². The van der Waals surface area contributed by atoms with E-state index in [1.807, 2.05) is 0 Å². The van der Waals surface area contributed by atoms with Crippen molar-refractivity contribution in [1.82, 2.24) is 0 Å². The third-order valence-corrected chi connectivity index (χ3v) is 5.53. The normalized spacial score (nSPS) is 33.7. The fourth-order valence-corrected chi connectivity index (χ4v) is 4.53.